The summed E-state index contributed by atoms with van der Waals surface area (Å²) >= 11 is -0.867. The molecule has 0 radical (unpaired) electrons. The van der Waals surface area contributed by atoms with E-state index in [0.29, 0.717) is 13.1 Å². The fourth-order valence-corrected chi connectivity index (χ4v) is 2.80. The summed E-state index contributed by atoms with van der Waals surface area (Å²) in [5.74, 6) is 0. The molecule has 0 aliphatic carbocycles. The first-order valence-electron chi connectivity index (χ1n) is 5.94. The Kier molecular flexibility index (Phi) is 4.49. The average molecular weight is 267 g/mol. The summed E-state index contributed by atoms with van der Waals surface area (Å²) in [6, 6.07) is 9.58. The Hall–Kier alpha value is -1.20. The standard InChI is InChI=1S/C13H17NO3S/c1-18(16)12-7-8-14(9-12)13(15)17-10-11-5-3-2-4-6-11/h2-6,12H,7-10H2,1H3/t12-,18?/m1/s1. The van der Waals surface area contributed by atoms with Crippen molar-refractivity contribution in [3.8, 4) is 0 Å². The summed E-state index contributed by atoms with van der Waals surface area (Å²) in [4.78, 5) is 13.4. The van der Waals surface area contributed by atoms with Gasteiger partial charge in [0.15, 0.2) is 0 Å². The van der Waals surface area contributed by atoms with Crippen LogP contribution in [0.3, 0.4) is 0 Å². The van der Waals surface area contributed by atoms with Crippen LogP contribution in [0.1, 0.15) is 12.0 Å². The maximum atomic E-state index is 11.8. The van der Waals surface area contributed by atoms with Crippen molar-refractivity contribution < 1.29 is 14.1 Å². The Morgan fingerprint density at radius 1 is 1.50 bits per heavy atom. The largest absolute Gasteiger partial charge is 0.616 e. The van der Waals surface area contributed by atoms with E-state index in [2.05, 4.69) is 0 Å². The van der Waals surface area contributed by atoms with Gasteiger partial charge in [-0.3, -0.25) is 0 Å². The van der Waals surface area contributed by atoms with Gasteiger partial charge in [0.25, 0.3) is 0 Å². The Morgan fingerprint density at radius 3 is 2.83 bits per heavy atom. The van der Waals surface area contributed by atoms with E-state index in [1.807, 2.05) is 30.3 Å². The number of ether oxygens (including phenoxy) is 1. The normalized spacial score (nSPS) is 20.8. The molecular weight excluding hydrogens is 250 g/mol. The van der Waals surface area contributed by atoms with Crippen LogP contribution in [-0.2, 0) is 22.5 Å². The lowest BCUT2D eigenvalue weighted by Gasteiger charge is -2.16. The molecule has 1 fully saturated rings. The molecule has 1 heterocycles. The lowest BCUT2D eigenvalue weighted by molar-refractivity contribution is 0.104. The van der Waals surface area contributed by atoms with E-state index in [1.54, 1.807) is 11.2 Å². The second kappa shape index (κ2) is 6.11. The SMILES string of the molecule is C[S+]([O-])[C@@H]1CCN(C(=O)OCc2ccccc2)C1. The van der Waals surface area contributed by atoms with Crippen LogP contribution in [0.25, 0.3) is 0 Å². The van der Waals surface area contributed by atoms with Gasteiger partial charge in [-0.05, 0) is 5.56 Å². The van der Waals surface area contributed by atoms with E-state index in [9.17, 15) is 9.35 Å². The number of hydrogen-bond donors (Lipinski definition) is 0. The summed E-state index contributed by atoms with van der Waals surface area (Å²) in [5, 5.41) is 0.0919. The topological polar surface area (TPSA) is 52.6 Å². The number of amides is 1. The lowest BCUT2D eigenvalue weighted by Crippen LogP contribution is -2.31. The minimum atomic E-state index is -0.867. The van der Waals surface area contributed by atoms with Crippen molar-refractivity contribution in [3.05, 3.63) is 35.9 Å². The quantitative estimate of drug-likeness (QED) is 0.784. The molecule has 98 valence electrons. The van der Waals surface area contributed by atoms with Gasteiger partial charge in [-0.15, -0.1) is 0 Å². The summed E-state index contributed by atoms with van der Waals surface area (Å²) in [7, 11) is 0. The van der Waals surface area contributed by atoms with Gasteiger partial charge in [-0.1, -0.05) is 41.5 Å². The predicted octanol–water partition coefficient (Wildman–Crippen LogP) is 1.78. The number of carbonyl (C=O) groups is 1. The third kappa shape index (κ3) is 3.40. The summed E-state index contributed by atoms with van der Waals surface area (Å²) in [6.07, 6.45) is 2.17. The Labute approximate surface area is 110 Å². The fourth-order valence-electron chi connectivity index (χ4n) is 1.98. The van der Waals surface area contributed by atoms with Gasteiger partial charge < -0.3 is 14.2 Å². The maximum absolute atomic E-state index is 11.8. The first-order valence-corrected chi connectivity index (χ1v) is 7.57. The number of rotatable bonds is 3. The zero-order valence-electron chi connectivity index (χ0n) is 10.4. The molecule has 1 unspecified atom stereocenters. The molecule has 4 nitrogen and oxygen atoms in total. The minimum absolute atomic E-state index is 0.0919. The summed E-state index contributed by atoms with van der Waals surface area (Å²) < 4.78 is 16.6. The van der Waals surface area contributed by atoms with E-state index in [0.717, 1.165) is 12.0 Å². The number of hydrogen-bond acceptors (Lipinski definition) is 3. The van der Waals surface area contributed by atoms with Gasteiger partial charge in [0.2, 0.25) is 0 Å². The zero-order chi connectivity index (χ0) is 13.0. The van der Waals surface area contributed by atoms with E-state index in [4.69, 9.17) is 4.74 Å². The van der Waals surface area contributed by atoms with Gasteiger partial charge in [0, 0.05) is 13.0 Å². The van der Waals surface area contributed by atoms with Crippen molar-refractivity contribution in [3.63, 3.8) is 0 Å². The minimum Gasteiger partial charge on any atom is -0.616 e. The van der Waals surface area contributed by atoms with Crippen LogP contribution in [0.4, 0.5) is 4.79 Å². The molecule has 1 saturated heterocycles. The third-order valence-electron chi connectivity index (χ3n) is 3.08. The summed E-state index contributed by atoms with van der Waals surface area (Å²) in [6.45, 7) is 1.46. The molecule has 0 spiro atoms. The highest BCUT2D eigenvalue weighted by Crippen LogP contribution is 2.17. The maximum Gasteiger partial charge on any atom is 0.410 e. The van der Waals surface area contributed by atoms with Crippen LogP contribution >= 0.6 is 0 Å². The van der Waals surface area contributed by atoms with Crippen LogP contribution < -0.4 is 0 Å². The first-order chi connectivity index (χ1) is 8.66. The molecule has 18 heavy (non-hydrogen) atoms. The lowest BCUT2D eigenvalue weighted by atomic mass is 10.2. The van der Waals surface area contributed by atoms with E-state index >= 15 is 0 Å². The van der Waals surface area contributed by atoms with Gasteiger partial charge in [-0.25, -0.2) is 4.79 Å². The molecule has 1 aliphatic heterocycles. The van der Waals surface area contributed by atoms with E-state index in [1.165, 1.54) is 0 Å². The number of carbonyl (C=O) groups excluding carboxylic acids is 1. The first kappa shape index (κ1) is 13.2. The van der Waals surface area contributed by atoms with Gasteiger partial charge in [-0.2, -0.15) is 0 Å². The highest BCUT2D eigenvalue weighted by atomic mass is 32.2. The molecule has 1 aliphatic rings. The Balaban J connectivity index is 1.79. The van der Waals surface area contributed by atoms with Crippen LogP contribution in [0.5, 0.6) is 0 Å². The second-order valence-electron chi connectivity index (χ2n) is 4.40. The van der Waals surface area contributed by atoms with Crippen LogP contribution in [0, 0.1) is 0 Å². The zero-order valence-corrected chi connectivity index (χ0v) is 11.2. The summed E-state index contributed by atoms with van der Waals surface area (Å²) in [5.41, 5.74) is 0.973. The molecule has 2 rings (SSSR count). The van der Waals surface area contributed by atoms with Crippen LogP contribution in [0.2, 0.25) is 0 Å². The molecule has 0 aromatic heterocycles. The highest BCUT2D eigenvalue weighted by molar-refractivity contribution is 7.91. The third-order valence-corrected chi connectivity index (χ3v) is 4.40. The van der Waals surface area contributed by atoms with Crippen molar-refractivity contribution in [2.45, 2.75) is 18.3 Å². The van der Waals surface area contributed by atoms with Gasteiger partial charge in [0.05, 0.1) is 12.8 Å². The molecule has 0 saturated carbocycles. The van der Waals surface area contributed by atoms with Crippen LogP contribution in [0.15, 0.2) is 30.3 Å². The van der Waals surface area contributed by atoms with E-state index in [-0.39, 0.29) is 18.0 Å². The van der Waals surface area contributed by atoms with E-state index < -0.39 is 11.2 Å². The molecule has 1 aromatic carbocycles. The molecule has 0 bridgehead atoms. The Bertz CT molecular complexity index is 396. The molecule has 1 amide bonds. The fraction of sp³-hybridized carbons (Fsp3) is 0.462. The van der Waals surface area contributed by atoms with Crippen molar-refractivity contribution >= 4 is 17.3 Å². The average Bonchev–Trinajstić information content (AvgIpc) is 2.87. The van der Waals surface area contributed by atoms with Crippen molar-refractivity contribution in [2.24, 2.45) is 0 Å². The molecular formula is C13H17NO3S. The predicted molar refractivity (Wildman–Crippen MR) is 70.7 cm³/mol. The smallest absolute Gasteiger partial charge is 0.410 e. The molecule has 5 heteroatoms. The number of nitrogens with zero attached hydrogens (tertiary/aromatic N) is 1. The highest BCUT2D eigenvalue weighted by Gasteiger charge is 2.32. The monoisotopic (exact) mass is 267 g/mol. The van der Waals surface area contributed by atoms with Crippen molar-refractivity contribution in [1.82, 2.24) is 4.90 Å². The second-order valence-corrected chi connectivity index (χ2v) is 6.06. The van der Waals surface area contributed by atoms with Crippen LogP contribution in [-0.4, -0.2) is 40.1 Å². The number of likely N-dealkylation sites (tertiary alicyclic amines) is 1. The molecule has 1 aromatic rings. The van der Waals surface area contributed by atoms with Crippen molar-refractivity contribution in [1.29, 1.82) is 0 Å². The Morgan fingerprint density at radius 2 is 2.22 bits per heavy atom. The van der Waals surface area contributed by atoms with Gasteiger partial charge in [0.1, 0.15) is 11.9 Å². The van der Waals surface area contributed by atoms with Crippen molar-refractivity contribution in [2.75, 3.05) is 19.3 Å². The molecule has 0 N–H and O–H groups in total. The molecule has 2 atom stereocenters. The number of benzene rings is 1. The van der Waals surface area contributed by atoms with Gasteiger partial charge >= 0.3 is 6.09 Å².